The number of carboxylic acids is 1. The Morgan fingerprint density at radius 2 is 2.00 bits per heavy atom. The Kier molecular flexibility index (Phi) is 5.53. The molecule has 0 aliphatic carbocycles. The van der Waals surface area contributed by atoms with Crippen LogP contribution in [-0.4, -0.2) is 49.7 Å². The van der Waals surface area contributed by atoms with Crippen LogP contribution >= 0.6 is 0 Å². The first-order valence-corrected chi connectivity index (χ1v) is 10.2. The summed E-state index contributed by atoms with van der Waals surface area (Å²) in [5, 5.41) is 9.48. The Morgan fingerprint density at radius 1 is 1.23 bits per heavy atom. The predicted octanol–water partition coefficient (Wildman–Crippen LogP) is 3.29. The summed E-state index contributed by atoms with van der Waals surface area (Å²) in [5.74, 6) is -0.104. The van der Waals surface area contributed by atoms with Crippen molar-refractivity contribution in [2.75, 3.05) is 34.0 Å². The van der Waals surface area contributed by atoms with Crippen molar-refractivity contribution in [3.8, 4) is 22.8 Å². The lowest BCUT2D eigenvalue weighted by molar-refractivity contribution is 0.0692. The van der Waals surface area contributed by atoms with Crippen molar-refractivity contribution in [1.29, 1.82) is 0 Å². The van der Waals surface area contributed by atoms with Gasteiger partial charge in [0, 0.05) is 43.4 Å². The number of carbonyl (C=O) groups is 1. The second-order valence-corrected chi connectivity index (χ2v) is 8.60. The molecular weight excluding hydrogens is 402 g/mol. The summed E-state index contributed by atoms with van der Waals surface area (Å²) in [6.07, 6.45) is 1.88. The van der Waals surface area contributed by atoms with Gasteiger partial charge in [0.1, 0.15) is 11.7 Å². The molecule has 1 N–H and O–H groups in total. The zero-order valence-corrected chi connectivity index (χ0v) is 18.1. The summed E-state index contributed by atoms with van der Waals surface area (Å²) in [5.41, 5.74) is 1.28. The zero-order valence-electron chi connectivity index (χ0n) is 18.1. The van der Waals surface area contributed by atoms with Crippen LogP contribution in [0.25, 0.3) is 11.3 Å². The molecule has 8 nitrogen and oxygen atoms in total. The van der Waals surface area contributed by atoms with Crippen molar-refractivity contribution in [2.24, 2.45) is 5.41 Å². The molecule has 1 saturated heterocycles. The highest BCUT2D eigenvalue weighted by Gasteiger charge is 2.49. The Bertz CT molecular complexity index is 1070. The number of methoxy groups -OCH3 is 2. The van der Waals surface area contributed by atoms with E-state index in [4.69, 9.17) is 18.9 Å². The normalized spacial score (nSPS) is 20.5. The maximum absolute atomic E-state index is 12.5. The lowest BCUT2D eigenvalue weighted by atomic mass is 9.78. The molecule has 31 heavy (non-hydrogen) atoms. The minimum absolute atomic E-state index is 0.163. The Labute approximate surface area is 180 Å². The lowest BCUT2D eigenvalue weighted by Gasteiger charge is -2.38. The molecule has 166 valence electrons. The third kappa shape index (κ3) is 3.59. The number of rotatable bonds is 7. The number of aromatic carboxylic acids is 1. The second kappa shape index (κ2) is 8.01. The number of hydrogen-bond donors (Lipinski definition) is 1. The number of hydrogen-bond acceptors (Lipinski definition) is 6. The number of pyridine rings is 1. The van der Waals surface area contributed by atoms with Crippen molar-refractivity contribution in [3.05, 3.63) is 45.7 Å². The number of fused-ring (bicyclic) bond motifs is 6. The molecule has 1 aromatic heterocycles. The molecule has 0 bridgehead atoms. The van der Waals surface area contributed by atoms with Crippen molar-refractivity contribution in [2.45, 2.75) is 32.4 Å². The van der Waals surface area contributed by atoms with Crippen LogP contribution < -0.4 is 14.9 Å². The van der Waals surface area contributed by atoms with Crippen molar-refractivity contribution < 1.29 is 28.8 Å². The molecule has 2 aliphatic heterocycles. The minimum atomic E-state index is -1.24. The largest absolute Gasteiger partial charge is 0.493 e. The first kappa shape index (κ1) is 21.4. The van der Waals surface area contributed by atoms with Gasteiger partial charge in [0.25, 0.3) is 0 Å². The van der Waals surface area contributed by atoms with Gasteiger partial charge in [-0.25, -0.2) is 4.79 Å². The van der Waals surface area contributed by atoms with Crippen LogP contribution in [0.2, 0.25) is 0 Å². The van der Waals surface area contributed by atoms with Crippen LogP contribution in [0, 0.1) is 5.41 Å². The van der Waals surface area contributed by atoms with E-state index in [1.54, 1.807) is 14.2 Å². The van der Waals surface area contributed by atoms with E-state index in [-0.39, 0.29) is 23.1 Å². The topological polar surface area (TPSA) is 96.2 Å². The summed E-state index contributed by atoms with van der Waals surface area (Å²) >= 11 is 0. The second-order valence-electron chi connectivity index (χ2n) is 8.60. The van der Waals surface area contributed by atoms with E-state index in [1.165, 1.54) is 12.3 Å². The SMILES string of the molecule is COCCCOc1cc2c(cc1OC)-c1cc(=O)c(C(=O)O)cn1C1C2OCC1(C)C. The molecule has 8 heteroatoms. The molecule has 2 aliphatic rings. The van der Waals surface area contributed by atoms with Crippen LogP contribution in [-0.2, 0) is 9.47 Å². The molecule has 0 spiro atoms. The molecule has 1 aromatic carbocycles. The maximum Gasteiger partial charge on any atom is 0.341 e. The van der Waals surface area contributed by atoms with Gasteiger partial charge >= 0.3 is 5.97 Å². The molecule has 4 rings (SSSR count). The molecule has 2 aromatic rings. The van der Waals surface area contributed by atoms with Crippen LogP contribution in [0.5, 0.6) is 11.5 Å². The minimum Gasteiger partial charge on any atom is -0.493 e. The van der Waals surface area contributed by atoms with Gasteiger partial charge in [-0.05, 0) is 17.7 Å². The average Bonchev–Trinajstić information content (AvgIpc) is 3.05. The molecular formula is C23H27NO7. The fourth-order valence-corrected chi connectivity index (χ4v) is 4.52. The number of benzene rings is 1. The van der Waals surface area contributed by atoms with Gasteiger partial charge < -0.3 is 28.6 Å². The smallest absolute Gasteiger partial charge is 0.341 e. The Hall–Kier alpha value is -2.84. The van der Waals surface area contributed by atoms with Crippen LogP contribution in [0.4, 0.5) is 0 Å². The van der Waals surface area contributed by atoms with Gasteiger partial charge in [0.05, 0.1) is 32.1 Å². The molecule has 3 heterocycles. The summed E-state index contributed by atoms with van der Waals surface area (Å²) in [4.78, 5) is 24.1. The zero-order chi connectivity index (χ0) is 22.3. The summed E-state index contributed by atoms with van der Waals surface area (Å²) in [6, 6.07) is 4.98. The molecule has 1 fully saturated rings. The Balaban J connectivity index is 1.88. The molecule has 2 atom stereocenters. The molecule has 0 saturated carbocycles. The summed E-state index contributed by atoms with van der Waals surface area (Å²) in [6.45, 7) is 5.73. The van der Waals surface area contributed by atoms with Crippen molar-refractivity contribution in [3.63, 3.8) is 0 Å². The van der Waals surface area contributed by atoms with Gasteiger partial charge in [0.2, 0.25) is 0 Å². The first-order valence-electron chi connectivity index (χ1n) is 10.2. The highest BCUT2D eigenvalue weighted by molar-refractivity contribution is 5.88. The highest BCUT2D eigenvalue weighted by atomic mass is 16.5. The fraction of sp³-hybridized carbons (Fsp3) is 0.478. The number of carboxylic acid groups (broad SMARTS) is 1. The van der Waals surface area contributed by atoms with Crippen molar-refractivity contribution in [1.82, 2.24) is 4.57 Å². The molecule has 2 unspecified atom stereocenters. The third-order valence-corrected chi connectivity index (χ3v) is 6.00. The van der Waals surface area contributed by atoms with E-state index in [0.717, 1.165) is 17.5 Å². The Morgan fingerprint density at radius 3 is 2.68 bits per heavy atom. The molecule has 0 radical (unpaired) electrons. The number of nitrogens with zero attached hydrogens (tertiary/aromatic N) is 1. The van der Waals surface area contributed by atoms with Crippen molar-refractivity contribution >= 4 is 5.97 Å². The van der Waals surface area contributed by atoms with Crippen LogP contribution in [0.1, 0.15) is 48.3 Å². The van der Waals surface area contributed by atoms with E-state index >= 15 is 0 Å². The van der Waals surface area contributed by atoms with E-state index < -0.39 is 11.4 Å². The van der Waals surface area contributed by atoms with Gasteiger partial charge in [-0.3, -0.25) is 4.79 Å². The first-order chi connectivity index (χ1) is 14.8. The van der Waals surface area contributed by atoms with E-state index in [9.17, 15) is 14.7 Å². The third-order valence-electron chi connectivity index (χ3n) is 6.00. The summed E-state index contributed by atoms with van der Waals surface area (Å²) in [7, 11) is 3.21. The van der Waals surface area contributed by atoms with Gasteiger partial charge in [0.15, 0.2) is 16.9 Å². The number of aromatic nitrogens is 1. The van der Waals surface area contributed by atoms with E-state index in [2.05, 4.69) is 13.8 Å². The standard InChI is InChI=1S/C23H27NO7/c1-23(2)12-31-20-14-9-19(30-7-5-6-28-3)18(29-4)8-13(14)16-10-17(25)15(22(26)27)11-24(16)21(20)23/h8-11,20-21H,5-7,12H2,1-4H3,(H,26,27). The van der Waals surface area contributed by atoms with Gasteiger partial charge in [-0.2, -0.15) is 0 Å². The predicted molar refractivity (Wildman–Crippen MR) is 113 cm³/mol. The van der Waals surface area contributed by atoms with E-state index in [0.29, 0.717) is 37.0 Å². The quantitative estimate of drug-likeness (QED) is 0.675. The van der Waals surface area contributed by atoms with Crippen LogP contribution in [0.3, 0.4) is 0 Å². The van der Waals surface area contributed by atoms with Crippen LogP contribution in [0.15, 0.2) is 29.2 Å². The fourth-order valence-electron chi connectivity index (χ4n) is 4.52. The monoisotopic (exact) mass is 429 g/mol. The average molecular weight is 429 g/mol. The number of ether oxygens (including phenoxy) is 4. The van der Waals surface area contributed by atoms with Gasteiger partial charge in [-0.1, -0.05) is 13.8 Å². The maximum atomic E-state index is 12.5. The van der Waals surface area contributed by atoms with Gasteiger partial charge in [-0.15, -0.1) is 0 Å². The lowest BCUT2D eigenvalue weighted by Crippen LogP contribution is -2.33. The summed E-state index contributed by atoms with van der Waals surface area (Å²) < 4.78 is 24.7. The molecule has 0 amide bonds. The highest BCUT2D eigenvalue weighted by Crippen LogP contribution is 2.56. The van der Waals surface area contributed by atoms with E-state index in [1.807, 2.05) is 16.7 Å².